The molecule has 1 rings (SSSR count). The van der Waals surface area contributed by atoms with Gasteiger partial charge in [0.2, 0.25) is 0 Å². The number of amides is 2. The van der Waals surface area contributed by atoms with Crippen LogP contribution in [0.3, 0.4) is 0 Å². The first-order valence-corrected chi connectivity index (χ1v) is 6.02. The highest BCUT2D eigenvalue weighted by Gasteiger charge is 2.06. The van der Waals surface area contributed by atoms with Crippen molar-refractivity contribution >= 4 is 17.7 Å². The number of rotatable bonds is 6. The molecule has 0 aliphatic carbocycles. The lowest BCUT2D eigenvalue weighted by Gasteiger charge is -2.10. The molecule has 0 heterocycles. The van der Waals surface area contributed by atoms with E-state index in [-0.39, 0.29) is 12.2 Å². The molecule has 0 radical (unpaired) electrons. The third-order valence-electron chi connectivity index (χ3n) is 2.62. The summed E-state index contributed by atoms with van der Waals surface area (Å²) >= 11 is 0. The second-order valence-corrected chi connectivity index (χ2v) is 4.14. The molecule has 0 bridgehead atoms. The smallest absolute Gasteiger partial charge is 0.319 e. The standard InChI is InChI=1S/C13H17FN2O3/c1-9-10(14)5-4-6-11(9)16-13(19)15-8-3-2-7-12(17)18/h4-6H,2-3,7-8H2,1H3,(H,17,18)(H2,15,16,19). The number of urea groups is 1. The zero-order chi connectivity index (χ0) is 14.3. The molecule has 5 nitrogen and oxygen atoms in total. The van der Waals surface area contributed by atoms with Crippen molar-refractivity contribution in [2.75, 3.05) is 11.9 Å². The molecular formula is C13H17FN2O3. The molecule has 0 aromatic heterocycles. The van der Waals surface area contributed by atoms with Crippen molar-refractivity contribution in [3.63, 3.8) is 0 Å². The van der Waals surface area contributed by atoms with Crippen LogP contribution in [0.1, 0.15) is 24.8 Å². The van der Waals surface area contributed by atoms with Crippen molar-refractivity contribution in [1.29, 1.82) is 0 Å². The molecule has 0 unspecified atom stereocenters. The number of anilines is 1. The topological polar surface area (TPSA) is 78.4 Å². The molecule has 0 fully saturated rings. The first-order chi connectivity index (χ1) is 9.00. The second-order valence-electron chi connectivity index (χ2n) is 4.14. The molecule has 104 valence electrons. The van der Waals surface area contributed by atoms with Crippen LogP contribution < -0.4 is 10.6 Å². The Morgan fingerprint density at radius 1 is 1.32 bits per heavy atom. The molecule has 6 heteroatoms. The third kappa shape index (κ3) is 5.37. The lowest BCUT2D eigenvalue weighted by Crippen LogP contribution is -2.29. The Morgan fingerprint density at radius 3 is 2.74 bits per heavy atom. The monoisotopic (exact) mass is 268 g/mol. The summed E-state index contributed by atoms with van der Waals surface area (Å²) in [6.07, 6.45) is 1.18. The quantitative estimate of drug-likeness (QED) is 0.694. The summed E-state index contributed by atoms with van der Waals surface area (Å²) in [6, 6.07) is 4.03. The van der Waals surface area contributed by atoms with Gasteiger partial charge in [0, 0.05) is 24.2 Å². The van der Waals surface area contributed by atoms with Gasteiger partial charge in [-0.05, 0) is 31.9 Å². The molecule has 0 spiro atoms. The Labute approximate surface area is 110 Å². The van der Waals surface area contributed by atoms with Crippen molar-refractivity contribution < 1.29 is 19.1 Å². The maximum Gasteiger partial charge on any atom is 0.319 e. The third-order valence-corrected chi connectivity index (χ3v) is 2.62. The molecule has 0 saturated carbocycles. The van der Waals surface area contributed by atoms with Crippen molar-refractivity contribution in [3.05, 3.63) is 29.6 Å². The Hall–Kier alpha value is -2.11. The predicted molar refractivity (Wildman–Crippen MR) is 69.6 cm³/mol. The first-order valence-electron chi connectivity index (χ1n) is 6.02. The number of aliphatic carboxylic acids is 1. The van der Waals surface area contributed by atoms with Gasteiger partial charge in [0.1, 0.15) is 5.82 Å². The van der Waals surface area contributed by atoms with Gasteiger partial charge in [-0.1, -0.05) is 6.07 Å². The number of hydrogen-bond donors (Lipinski definition) is 3. The zero-order valence-electron chi connectivity index (χ0n) is 10.7. The van der Waals surface area contributed by atoms with Gasteiger partial charge in [-0.15, -0.1) is 0 Å². The Morgan fingerprint density at radius 2 is 2.05 bits per heavy atom. The minimum atomic E-state index is -0.847. The summed E-state index contributed by atoms with van der Waals surface area (Å²) < 4.78 is 13.2. The predicted octanol–water partition coefficient (Wildman–Crippen LogP) is 2.51. The largest absolute Gasteiger partial charge is 0.481 e. The summed E-state index contributed by atoms with van der Waals surface area (Å²) in [7, 11) is 0. The van der Waals surface area contributed by atoms with E-state index >= 15 is 0 Å². The average Bonchev–Trinajstić information content (AvgIpc) is 2.34. The van der Waals surface area contributed by atoms with Gasteiger partial charge >= 0.3 is 12.0 Å². The highest BCUT2D eigenvalue weighted by atomic mass is 19.1. The molecule has 19 heavy (non-hydrogen) atoms. The Bertz CT molecular complexity index is 463. The minimum absolute atomic E-state index is 0.0896. The van der Waals surface area contributed by atoms with Gasteiger partial charge in [0.25, 0.3) is 0 Å². The van der Waals surface area contributed by atoms with Crippen LogP contribution >= 0.6 is 0 Å². The number of carboxylic acid groups (broad SMARTS) is 1. The van der Waals surface area contributed by atoms with Gasteiger partial charge < -0.3 is 15.7 Å². The fourth-order valence-corrected chi connectivity index (χ4v) is 1.51. The summed E-state index contributed by atoms with van der Waals surface area (Å²) in [6.45, 7) is 1.96. The first kappa shape index (κ1) is 14.9. The summed E-state index contributed by atoms with van der Waals surface area (Å²) in [5.74, 6) is -1.22. The van der Waals surface area contributed by atoms with Gasteiger partial charge in [-0.25, -0.2) is 9.18 Å². The van der Waals surface area contributed by atoms with Crippen LogP contribution in [0.25, 0.3) is 0 Å². The number of carbonyl (C=O) groups excluding carboxylic acids is 1. The molecule has 3 N–H and O–H groups in total. The van der Waals surface area contributed by atoms with Crippen LogP contribution in [0, 0.1) is 12.7 Å². The van der Waals surface area contributed by atoms with Crippen molar-refractivity contribution in [2.45, 2.75) is 26.2 Å². The maximum absolute atomic E-state index is 13.2. The average molecular weight is 268 g/mol. The van der Waals surface area contributed by atoms with E-state index in [2.05, 4.69) is 10.6 Å². The van der Waals surface area contributed by atoms with E-state index < -0.39 is 12.0 Å². The minimum Gasteiger partial charge on any atom is -0.481 e. The van der Waals surface area contributed by atoms with Gasteiger partial charge in [-0.3, -0.25) is 4.79 Å². The molecular weight excluding hydrogens is 251 g/mol. The van der Waals surface area contributed by atoms with Gasteiger partial charge in [-0.2, -0.15) is 0 Å². The number of halogens is 1. The van der Waals surface area contributed by atoms with E-state index in [9.17, 15) is 14.0 Å². The van der Waals surface area contributed by atoms with Crippen LogP contribution in [-0.2, 0) is 4.79 Å². The molecule has 0 saturated heterocycles. The number of carboxylic acids is 1. The Balaban J connectivity index is 2.31. The van der Waals surface area contributed by atoms with Gasteiger partial charge in [0.15, 0.2) is 0 Å². The molecule has 0 aliphatic heterocycles. The van der Waals surface area contributed by atoms with Crippen LogP contribution in [0.5, 0.6) is 0 Å². The zero-order valence-corrected chi connectivity index (χ0v) is 10.7. The highest BCUT2D eigenvalue weighted by Crippen LogP contribution is 2.16. The van der Waals surface area contributed by atoms with Crippen LogP contribution in [0.4, 0.5) is 14.9 Å². The van der Waals surface area contributed by atoms with E-state index in [0.717, 1.165) is 0 Å². The number of hydrogen-bond acceptors (Lipinski definition) is 2. The maximum atomic E-state index is 13.2. The van der Waals surface area contributed by atoms with Crippen LogP contribution in [0.15, 0.2) is 18.2 Å². The normalized spacial score (nSPS) is 10.0. The summed E-state index contributed by atoms with van der Waals surface area (Å²) in [5, 5.41) is 13.6. The molecule has 0 aliphatic rings. The van der Waals surface area contributed by atoms with Gasteiger partial charge in [0.05, 0.1) is 0 Å². The van der Waals surface area contributed by atoms with E-state index in [1.165, 1.54) is 12.1 Å². The number of nitrogens with one attached hydrogen (secondary N) is 2. The number of carbonyl (C=O) groups is 2. The van der Waals surface area contributed by atoms with Crippen molar-refractivity contribution in [2.24, 2.45) is 0 Å². The van der Waals surface area contributed by atoms with E-state index in [4.69, 9.17) is 5.11 Å². The molecule has 1 aromatic rings. The fraction of sp³-hybridized carbons (Fsp3) is 0.385. The molecule has 2 amide bonds. The number of benzene rings is 1. The van der Waals surface area contributed by atoms with Crippen LogP contribution in [-0.4, -0.2) is 23.7 Å². The van der Waals surface area contributed by atoms with Crippen molar-refractivity contribution in [3.8, 4) is 0 Å². The summed E-state index contributed by atoms with van der Waals surface area (Å²) in [4.78, 5) is 21.8. The van der Waals surface area contributed by atoms with Crippen LogP contribution in [0.2, 0.25) is 0 Å². The lowest BCUT2D eigenvalue weighted by atomic mass is 10.2. The molecule has 0 atom stereocenters. The second kappa shape index (κ2) is 7.35. The van der Waals surface area contributed by atoms with Crippen molar-refractivity contribution in [1.82, 2.24) is 5.32 Å². The highest BCUT2D eigenvalue weighted by molar-refractivity contribution is 5.90. The number of unbranched alkanes of at least 4 members (excludes halogenated alkanes) is 1. The Kier molecular flexibility index (Phi) is 5.78. The van der Waals surface area contributed by atoms with E-state index in [0.29, 0.717) is 30.6 Å². The SMILES string of the molecule is Cc1c(F)cccc1NC(=O)NCCCCC(=O)O. The molecule has 1 aromatic carbocycles. The lowest BCUT2D eigenvalue weighted by molar-refractivity contribution is -0.137. The van der Waals surface area contributed by atoms with E-state index in [1.807, 2.05) is 0 Å². The fourth-order valence-electron chi connectivity index (χ4n) is 1.51. The van der Waals surface area contributed by atoms with E-state index in [1.54, 1.807) is 13.0 Å². The summed E-state index contributed by atoms with van der Waals surface area (Å²) in [5.41, 5.74) is 0.798.